The Morgan fingerprint density at radius 3 is 2.73 bits per heavy atom. The number of rotatable bonds is 4. The van der Waals surface area contributed by atoms with Gasteiger partial charge in [0.2, 0.25) is 11.8 Å². The molecular weight excluding hydrogens is 528 g/mol. The average molecular weight is 548 g/mol. The Kier molecular flexibility index (Phi) is 6.11. The van der Waals surface area contributed by atoms with Crippen LogP contribution in [0.3, 0.4) is 0 Å². The summed E-state index contributed by atoms with van der Waals surface area (Å²) in [4.78, 5) is 54.9. The van der Waals surface area contributed by atoms with Crippen LogP contribution in [0.15, 0.2) is 24.3 Å². The fourth-order valence-electron chi connectivity index (χ4n) is 4.38. The van der Waals surface area contributed by atoms with E-state index in [1.807, 2.05) is 0 Å². The molecule has 0 radical (unpaired) electrons. The van der Waals surface area contributed by atoms with Gasteiger partial charge in [-0.15, -0.1) is 11.3 Å². The van der Waals surface area contributed by atoms with Gasteiger partial charge in [0, 0.05) is 23.6 Å². The van der Waals surface area contributed by atoms with Gasteiger partial charge in [0.1, 0.15) is 16.9 Å². The SMILES string of the molecule is CC(C)(NC(=O)Nc1ccc2c(c1F)CN(C1CCC(=O)NC1=O)C2=O)c1nc2cc(F)c(Cl)cc2s1. The Balaban J connectivity index is 1.32. The van der Waals surface area contributed by atoms with E-state index in [9.17, 15) is 23.6 Å². The Bertz CT molecular complexity index is 1470. The Hall–Kier alpha value is -3.64. The van der Waals surface area contributed by atoms with Crippen molar-refractivity contribution >= 4 is 62.6 Å². The molecule has 1 saturated heterocycles. The zero-order valence-corrected chi connectivity index (χ0v) is 21.2. The number of benzene rings is 2. The molecule has 5 amide bonds. The predicted molar refractivity (Wildman–Crippen MR) is 132 cm³/mol. The summed E-state index contributed by atoms with van der Waals surface area (Å²) in [6.07, 6.45) is 0.234. The molecule has 0 saturated carbocycles. The highest BCUT2D eigenvalue weighted by atomic mass is 35.5. The minimum atomic E-state index is -0.998. The third-order valence-electron chi connectivity index (χ3n) is 6.29. The number of anilines is 1. The Labute approximate surface area is 218 Å². The number of aromatic nitrogens is 1. The number of carbonyl (C=O) groups excluding carboxylic acids is 4. The number of amides is 5. The fraction of sp³-hybridized carbons (Fsp3) is 0.292. The maximum absolute atomic E-state index is 15.3. The highest BCUT2D eigenvalue weighted by Gasteiger charge is 2.40. The van der Waals surface area contributed by atoms with E-state index in [1.165, 1.54) is 40.5 Å². The van der Waals surface area contributed by atoms with Gasteiger partial charge in [-0.1, -0.05) is 11.6 Å². The summed E-state index contributed by atoms with van der Waals surface area (Å²) in [7, 11) is 0. The largest absolute Gasteiger partial charge is 0.326 e. The minimum Gasteiger partial charge on any atom is -0.326 e. The van der Waals surface area contributed by atoms with E-state index in [4.69, 9.17) is 11.6 Å². The number of urea groups is 1. The highest BCUT2D eigenvalue weighted by molar-refractivity contribution is 7.18. The lowest BCUT2D eigenvalue weighted by Crippen LogP contribution is -2.52. The van der Waals surface area contributed by atoms with Gasteiger partial charge < -0.3 is 15.5 Å². The maximum atomic E-state index is 15.3. The molecule has 2 aliphatic rings. The lowest BCUT2D eigenvalue weighted by Gasteiger charge is -2.29. The summed E-state index contributed by atoms with van der Waals surface area (Å²) in [5.41, 5.74) is -0.608. The lowest BCUT2D eigenvalue weighted by atomic mass is 10.0. The number of nitrogens with one attached hydrogen (secondary N) is 3. The summed E-state index contributed by atoms with van der Waals surface area (Å²) >= 11 is 7.08. The minimum absolute atomic E-state index is 0.0343. The second kappa shape index (κ2) is 9.03. The van der Waals surface area contributed by atoms with Crippen LogP contribution in [0, 0.1) is 11.6 Å². The van der Waals surface area contributed by atoms with Gasteiger partial charge in [0.25, 0.3) is 5.91 Å². The molecule has 192 valence electrons. The Morgan fingerprint density at radius 2 is 2.00 bits per heavy atom. The first-order valence-corrected chi connectivity index (χ1v) is 12.5. The molecule has 3 heterocycles. The maximum Gasteiger partial charge on any atom is 0.320 e. The second-order valence-corrected chi connectivity index (χ2v) is 10.7. The van der Waals surface area contributed by atoms with Crippen LogP contribution >= 0.6 is 22.9 Å². The number of piperidine rings is 1. The number of hydrogen-bond acceptors (Lipinski definition) is 6. The van der Waals surface area contributed by atoms with Gasteiger partial charge in [-0.2, -0.15) is 0 Å². The Morgan fingerprint density at radius 1 is 1.24 bits per heavy atom. The van der Waals surface area contributed by atoms with Crippen LogP contribution in [0.1, 0.15) is 47.6 Å². The van der Waals surface area contributed by atoms with Crippen LogP contribution in [-0.2, 0) is 21.7 Å². The van der Waals surface area contributed by atoms with Gasteiger partial charge >= 0.3 is 6.03 Å². The monoisotopic (exact) mass is 547 g/mol. The van der Waals surface area contributed by atoms with E-state index in [0.29, 0.717) is 15.2 Å². The van der Waals surface area contributed by atoms with Crippen molar-refractivity contribution in [1.82, 2.24) is 20.5 Å². The fourth-order valence-corrected chi connectivity index (χ4v) is 5.66. The molecule has 2 aromatic carbocycles. The number of fused-ring (bicyclic) bond motifs is 2. The molecule has 1 fully saturated rings. The lowest BCUT2D eigenvalue weighted by molar-refractivity contribution is -0.136. The zero-order chi connectivity index (χ0) is 26.6. The van der Waals surface area contributed by atoms with Crippen molar-refractivity contribution < 1.29 is 28.0 Å². The van der Waals surface area contributed by atoms with Gasteiger partial charge in [-0.05, 0) is 38.5 Å². The van der Waals surface area contributed by atoms with Gasteiger partial charge in [-0.25, -0.2) is 18.6 Å². The van der Waals surface area contributed by atoms with Gasteiger partial charge in [0.15, 0.2) is 5.82 Å². The summed E-state index contributed by atoms with van der Waals surface area (Å²) in [5.74, 6) is -2.93. The van der Waals surface area contributed by atoms with Crippen LogP contribution in [-0.4, -0.2) is 39.7 Å². The van der Waals surface area contributed by atoms with E-state index >= 15 is 4.39 Å². The van der Waals surface area contributed by atoms with Crippen LogP contribution in [0.25, 0.3) is 10.2 Å². The zero-order valence-electron chi connectivity index (χ0n) is 19.6. The summed E-state index contributed by atoms with van der Waals surface area (Å²) < 4.78 is 29.8. The van der Waals surface area contributed by atoms with Gasteiger partial charge in [0.05, 0.1) is 33.0 Å². The molecule has 0 spiro atoms. The van der Waals surface area contributed by atoms with Crippen molar-refractivity contribution in [2.24, 2.45) is 0 Å². The first kappa shape index (κ1) is 25.0. The van der Waals surface area contributed by atoms with Crippen molar-refractivity contribution in [3.63, 3.8) is 0 Å². The standard InChI is InChI=1S/C24H20ClF2N5O4S/c1-24(2,22-28-15-8-13(26)12(25)7-17(15)37-22)31-23(36)29-14-4-3-10-11(19(14)27)9-32(21(10)35)16-5-6-18(33)30-20(16)34/h3-4,7-8,16H,5-6,9H2,1-2H3,(H2,29,31,36)(H,30,33,34). The summed E-state index contributed by atoms with van der Waals surface area (Å²) in [5, 5.41) is 7.83. The molecule has 13 heteroatoms. The third kappa shape index (κ3) is 4.51. The van der Waals surface area contributed by atoms with Crippen LogP contribution in [0.4, 0.5) is 19.3 Å². The number of nitrogens with zero attached hydrogens (tertiary/aromatic N) is 2. The smallest absolute Gasteiger partial charge is 0.320 e. The molecule has 3 N–H and O–H groups in total. The van der Waals surface area contributed by atoms with Crippen LogP contribution in [0.5, 0.6) is 0 Å². The molecule has 37 heavy (non-hydrogen) atoms. The molecule has 5 rings (SSSR count). The number of halogens is 3. The van der Waals surface area contributed by atoms with E-state index in [0.717, 1.165) is 0 Å². The molecule has 1 unspecified atom stereocenters. The molecular formula is C24H20ClF2N5O4S. The summed E-state index contributed by atoms with van der Waals surface area (Å²) in [6, 6.07) is 3.73. The molecule has 0 aliphatic carbocycles. The first-order valence-electron chi connectivity index (χ1n) is 11.3. The number of imide groups is 1. The van der Waals surface area contributed by atoms with E-state index in [1.54, 1.807) is 13.8 Å². The third-order valence-corrected chi connectivity index (χ3v) is 7.92. The van der Waals surface area contributed by atoms with E-state index in [2.05, 4.69) is 20.9 Å². The average Bonchev–Trinajstić information content (AvgIpc) is 3.38. The topological polar surface area (TPSA) is 120 Å². The van der Waals surface area contributed by atoms with Crippen LogP contribution < -0.4 is 16.0 Å². The molecule has 1 aromatic heterocycles. The molecule has 0 bridgehead atoms. The van der Waals surface area contributed by atoms with Crippen LogP contribution in [0.2, 0.25) is 5.02 Å². The van der Waals surface area contributed by atoms with Crippen molar-refractivity contribution in [2.75, 3.05) is 5.32 Å². The second-order valence-electron chi connectivity index (χ2n) is 9.31. The molecule has 1 atom stereocenters. The molecule has 2 aliphatic heterocycles. The van der Waals surface area contributed by atoms with E-state index in [-0.39, 0.29) is 41.2 Å². The van der Waals surface area contributed by atoms with E-state index < -0.39 is 47.0 Å². The van der Waals surface area contributed by atoms with Crippen molar-refractivity contribution in [3.05, 3.63) is 57.1 Å². The van der Waals surface area contributed by atoms with Crippen molar-refractivity contribution in [1.29, 1.82) is 0 Å². The normalized spacial score (nSPS) is 17.7. The van der Waals surface area contributed by atoms with Crippen molar-refractivity contribution in [3.8, 4) is 0 Å². The highest BCUT2D eigenvalue weighted by Crippen LogP contribution is 2.34. The predicted octanol–water partition coefficient (Wildman–Crippen LogP) is 4.05. The number of hydrogen-bond donors (Lipinski definition) is 3. The number of carbonyl (C=O) groups is 4. The number of thiazole rings is 1. The quantitative estimate of drug-likeness (QED) is 0.426. The van der Waals surface area contributed by atoms with Crippen molar-refractivity contribution in [2.45, 2.75) is 44.8 Å². The molecule has 3 aromatic rings. The van der Waals surface area contributed by atoms with Gasteiger partial charge in [-0.3, -0.25) is 19.7 Å². The first-order chi connectivity index (χ1) is 17.4. The molecule has 9 nitrogen and oxygen atoms in total. The summed E-state index contributed by atoms with van der Waals surface area (Å²) in [6.45, 7) is 3.22.